The number of sulfonamides is 1. The van der Waals surface area contributed by atoms with Crippen molar-refractivity contribution < 1.29 is 30.0 Å². The van der Waals surface area contributed by atoms with Crippen molar-refractivity contribution in [2.45, 2.75) is 11.1 Å². The highest BCUT2D eigenvalue weighted by Gasteiger charge is 2.35. The van der Waals surface area contributed by atoms with Crippen molar-refractivity contribution in [1.82, 2.24) is 0 Å². The van der Waals surface area contributed by atoms with Gasteiger partial charge in [-0.3, -0.25) is 0 Å². The summed E-state index contributed by atoms with van der Waals surface area (Å²) >= 11 is 0. The minimum absolute atomic E-state index is 0.303. The summed E-state index contributed by atoms with van der Waals surface area (Å²) in [5.74, 6) is -1.87. The Bertz CT molecular complexity index is 793. The molecule has 0 radical (unpaired) electrons. The average Bonchev–Trinajstić information content (AvgIpc) is 2.34. The van der Waals surface area contributed by atoms with Crippen LogP contribution in [0.15, 0.2) is 23.1 Å². The van der Waals surface area contributed by atoms with Crippen LogP contribution < -0.4 is 5.14 Å². The van der Waals surface area contributed by atoms with Gasteiger partial charge in [0, 0.05) is 0 Å². The van der Waals surface area contributed by atoms with Crippen molar-refractivity contribution in [3.8, 4) is 6.07 Å². The molecule has 0 fully saturated rings. The van der Waals surface area contributed by atoms with E-state index in [1.165, 1.54) is 6.07 Å². The summed E-state index contributed by atoms with van der Waals surface area (Å²) in [6.45, 7) is 0. The molecule has 0 saturated carbocycles. The van der Waals surface area contributed by atoms with Gasteiger partial charge < -0.3 is 0 Å². The number of nitrogens with two attached hydrogens (primary N) is 1. The van der Waals surface area contributed by atoms with Crippen LogP contribution in [0.2, 0.25) is 0 Å². The summed E-state index contributed by atoms with van der Waals surface area (Å²) in [7, 11) is -8.34. The number of nitrogens with zero attached hydrogens (tertiary/aromatic N) is 1. The first-order valence-electron chi connectivity index (χ1n) is 5.21. The third kappa shape index (κ3) is 4.69. The molecule has 0 aliphatic carbocycles. The second-order valence-electron chi connectivity index (χ2n) is 4.00. The minimum atomic E-state index is -4.91. The van der Waals surface area contributed by atoms with Crippen molar-refractivity contribution in [1.29, 1.82) is 5.26 Å². The van der Waals surface area contributed by atoms with Crippen molar-refractivity contribution >= 4 is 19.9 Å². The number of benzene rings is 1. The lowest BCUT2D eigenvalue weighted by atomic mass is 10.1. The summed E-state index contributed by atoms with van der Waals surface area (Å²) in [5.41, 5.74) is -2.13. The predicted molar refractivity (Wildman–Crippen MR) is 66.2 cm³/mol. The van der Waals surface area contributed by atoms with Crippen molar-refractivity contribution in [2.24, 2.45) is 5.14 Å². The third-order valence-corrected chi connectivity index (χ3v) is 5.16. The number of sulfone groups is 1. The second-order valence-corrected chi connectivity index (χ2v) is 7.85. The van der Waals surface area contributed by atoms with Crippen LogP contribution in [0, 0.1) is 11.3 Å². The number of halogens is 3. The first-order chi connectivity index (χ1) is 9.37. The van der Waals surface area contributed by atoms with Crippen LogP contribution >= 0.6 is 0 Å². The highest BCUT2D eigenvalue weighted by Crippen LogP contribution is 2.33. The van der Waals surface area contributed by atoms with Gasteiger partial charge in [0.15, 0.2) is 9.84 Å². The monoisotopic (exact) mass is 342 g/mol. The van der Waals surface area contributed by atoms with Crippen molar-refractivity contribution in [3.63, 3.8) is 0 Å². The van der Waals surface area contributed by atoms with E-state index >= 15 is 0 Å². The quantitative estimate of drug-likeness (QED) is 0.861. The second kappa shape index (κ2) is 5.63. The van der Waals surface area contributed by atoms with E-state index in [2.05, 4.69) is 5.14 Å². The predicted octanol–water partition coefficient (Wildman–Crippen LogP) is 0.639. The molecule has 116 valence electrons. The molecule has 1 rings (SSSR count). The van der Waals surface area contributed by atoms with E-state index in [0.29, 0.717) is 12.1 Å². The molecule has 0 aliphatic heterocycles. The summed E-state index contributed by atoms with van der Waals surface area (Å²) in [6.07, 6.45) is -4.91. The summed E-state index contributed by atoms with van der Waals surface area (Å²) < 4.78 is 83.2. The van der Waals surface area contributed by atoms with E-state index < -0.39 is 53.6 Å². The topological polar surface area (TPSA) is 118 Å². The number of primary sulfonamides is 1. The molecule has 0 heterocycles. The number of rotatable bonds is 4. The molecule has 0 saturated heterocycles. The normalized spacial score (nSPS) is 12.9. The van der Waals surface area contributed by atoms with Crippen molar-refractivity contribution in [3.05, 3.63) is 29.3 Å². The summed E-state index contributed by atoms with van der Waals surface area (Å²) in [6, 6.07) is 3.14. The number of alkyl halides is 3. The third-order valence-electron chi connectivity index (χ3n) is 2.41. The van der Waals surface area contributed by atoms with Crippen molar-refractivity contribution in [2.75, 3.05) is 11.5 Å². The Labute approximate surface area is 119 Å². The van der Waals surface area contributed by atoms with Gasteiger partial charge in [-0.15, -0.1) is 0 Å². The van der Waals surface area contributed by atoms with Crippen LogP contribution in [-0.2, 0) is 26.0 Å². The zero-order valence-electron chi connectivity index (χ0n) is 10.3. The van der Waals surface area contributed by atoms with Gasteiger partial charge in [0.05, 0.1) is 33.6 Å². The Balaban J connectivity index is 3.30. The van der Waals surface area contributed by atoms with Crippen LogP contribution in [0.5, 0.6) is 0 Å². The largest absolute Gasteiger partial charge is 0.417 e. The Kier molecular flexibility index (Phi) is 4.66. The lowest BCUT2D eigenvalue weighted by Crippen LogP contribution is -2.23. The van der Waals surface area contributed by atoms with Gasteiger partial charge >= 0.3 is 6.18 Å². The van der Waals surface area contributed by atoms with Gasteiger partial charge in [0.1, 0.15) is 0 Å². The SMILES string of the molecule is N#Cc1ccc(S(=O)(=O)CCS(N)(=O)=O)cc1C(F)(F)F. The zero-order valence-corrected chi connectivity index (χ0v) is 11.9. The fourth-order valence-corrected chi connectivity index (χ4v) is 4.01. The fraction of sp³-hybridized carbons (Fsp3) is 0.300. The van der Waals surface area contributed by atoms with Crippen LogP contribution in [0.3, 0.4) is 0 Å². The summed E-state index contributed by atoms with van der Waals surface area (Å²) in [5, 5.41) is 13.2. The minimum Gasteiger partial charge on any atom is -0.229 e. The molecule has 0 aromatic heterocycles. The maximum absolute atomic E-state index is 12.7. The van der Waals surface area contributed by atoms with Gasteiger partial charge in [-0.2, -0.15) is 18.4 Å². The lowest BCUT2D eigenvalue weighted by molar-refractivity contribution is -0.137. The first kappa shape index (κ1) is 17.4. The molecule has 2 N–H and O–H groups in total. The Morgan fingerprint density at radius 1 is 1.14 bits per heavy atom. The van der Waals surface area contributed by atoms with E-state index in [9.17, 15) is 30.0 Å². The molecule has 1 aromatic carbocycles. The van der Waals surface area contributed by atoms with Gasteiger partial charge in [0.2, 0.25) is 10.0 Å². The molecule has 0 bridgehead atoms. The molecular formula is C10H9F3N2O4S2. The van der Waals surface area contributed by atoms with E-state index in [0.717, 1.165) is 6.07 Å². The van der Waals surface area contributed by atoms with Crippen LogP contribution in [0.1, 0.15) is 11.1 Å². The molecule has 0 amide bonds. The maximum Gasteiger partial charge on any atom is 0.417 e. The summed E-state index contributed by atoms with van der Waals surface area (Å²) in [4.78, 5) is -0.725. The molecule has 11 heteroatoms. The highest BCUT2D eigenvalue weighted by molar-refractivity contribution is 7.94. The molecule has 21 heavy (non-hydrogen) atoms. The van der Waals surface area contributed by atoms with Gasteiger partial charge in [-0.1, -0.05) is 0 Å². The van der Waals surface area contributed by atoms with Crippen LogP contribution in [0.4, 0.5) is 13.2 Å². The van der Waals surface area contributed by atoms with E-state index in [1.807, 2.05) is 0 Å². The molecule has 0 aliphatic rings. The molecule has 0 atom stereocenters. The van der Waals surface area contributed by atoms with Gasteiger partial charge in [0.25, 0.3) is 0 Å². The molecule has 6 nitrogen and oxygen atoms in total. The molecule has 1 aromatic rings. The van der Waals surface area contributed by atoms with Gasteiger partial charge in [-0.05, 0) is 18.2 Å². The number of nitriles is 1. The van der Waals surface area contributed by atoms with Crippen LogP contribution in [-0.4, -0.2) is 28.3 Å². The Morgan fingerprint density at radius 2 is 1.71 bits per heavy atom. The average molecular weight is 342 g/mol. The highest BCUT2D eigenvalue weighted by atomic mass is 32.2. The first-order valence-corrected chi connectivity index (χ1v) is 8.58. The van der Waals surface area contributed by atoms with E-state index in [-0.39, 0.29) is 0 Å². The fourth-order valence-electron chi connectivity index (χ4n) is 1.39. The smallest absolute Gasteiger partial charge is 0.229 e. The zero-order chi connectivity index (χ0) is 16.5. The maximum atomic E-state index is 12.7. The molecule has 0 unspecified atom stereocenters. The van der Waals surface area contributed by atoms with E-state index in [4.69, 9.17) is 5.26 Å². The Morgan fingerprint density at radius 3 is 2.14 bits per heavy atom. The number of hydrogen-bond donors (Lipinski definition) is 1. The molecule has 0 spiro atoms. The Hall–Kier alpha value is -1.64. The van der Waals surface area contributed by atoms with Gasteiger partial charge in [-0.25, -0.2) is 22.0 Å². The molecular weight excluding hydrogens is 333 g/mol. The standard InChI is InChI=1S/C10H9F3N2O4S2/c11-10(12,13)9-5-8(2-1-7(9)6-14)20(16,17)3-4-21(15,18)19/h1-2,5H,3-4H2,(H2,15,18,19). The lowest BCUT2D eigenvalue weighted by Gasteiger charge is -2.11. The van der Waals surface area contributed by atoms with Crippen LogP contribution in [0.25, 0.3) is 0 Å². The van der Waals surface area contributed by atoms with E-state index in [1.54, 1.807) is 0 Å². The number of hydrogen-bond acceptors (Lipinski definition) is 5.